The summed E-state index contributed by atoms with van der Waals surface area (Å²) < 4.78 is 27.0. The summed E-state index contributed by atoms with van der Waals surface area (Å²) in [7, 11) is 0. The molecule has 28 heavy (non-hydrogen) atoms. The Balaban J connectivity index is 1.57. The summed E-state index contributed by atoms with van der Waals surface area (Å²) in [6, 6.07) is 8.23. The third-order valence-corrected chi connectivity index (χ3v) is 4.38. The topological polar surface area (TPSA) is 89.9 Å². The highest BCUT2D eigenvalue weighted by atomic mass is 19.1. The second-order valence-electron chi connectivity index (χ2n) is 6.22. The number of piperazine rings is 1. The van der Waals surface area contributed by atoms with Crippen LogP contribution in [0.2, 0.25) is 0 Å². The Labute approximate surface area is 159 Å². The lowest BCUT2D eigenvalue weighted by Crippen LogP contribution is -2.51. The van der Waals surface area contributed by atoms with E-state index in [1.165, 1.54) is 34.1 Å². The minimum Gasteiger partial charge on any atom is -0.478 e. The molecule has 0 aromatic heterocycles. The first kappa shape index (κ1) is 19.3. The second-order valence-corrected chi connectivity index (χ2v) is 6.22. The van der Waals surface area contributed by atoms with E-state index in [-0.39, 0.29) is 43.3 Å². The standard InChI is InChI=1S/C19H17F2N3O4/c20-13-3-1-2-12(10-13)17(25)23-6-8-24(9-7-23)19(28)22-14-4-5-15(18(26)27)16(21)11-14/h1-5,10-11H,6-9H2,(H,22,28)(H,26,27). The van der Waals surface area contributed by atoms with Crippen LogP contribution in [0.25, 0.3) is 0 Å². The maximum atomic E-state index is 13.7. The molecule has 0 radical (unpaired) electrons. The van der Waals surface area contributed by atoms with Gasteiger partial charge in [-0.1, -0.05) is 6.07 Å². The van der Waals surface area contributed by atoms with E-state index in [1.54, 1.807) is 0 Å². The van der Waals surface area contributed by atoms with Crippen LogP contribution in [0, 0.1) is 11.6 Å². The van der Waals surface area contributed by atoms with Crippen LogP contribution in [0.3, 0.4) is 0 Å². The Hall–Kier alpha value is -3.49. The number of amides is 3. The van der Waals surface area contributed by atoms with Crippen molar-refractivity contribution < 1.29 is 28.3 Å². The van der Waals surface area contributed by atoms with Gasteiger partial charge in [-0.25, -0.2) is 18.4 Å². The molecule has 1 aliphatic heterocycles. The summed E-state index contributed by atoms with van der Waals surface area (Å²) in [6.45, 7) is 1.05. The average Bonchev–Trinajstić information content (AvgIpc) is 2.67. The molecule has 0 spiro atoms. The highest BCUT2D eigenvalue weighted by Gasteiger charge is 2.25. The first-order chi connectivity index (χ1) is 13.3. The fourth-order valence-electron chi connectivity index (χ4n) is 2.89. The predicted octanol–water partition coefficient (Wildman–Crippen LogP) is 2.65. The molecule has 0 atom stereocenters. The van der Waals surface area contributed by atoms with Crippen LogP contribution >= 0.6 is 0 Å². The van der Waals surface area contributed by atoms with Gasteiger partial charge in [0.15, 0.2) is 0 Å². The van der Waals surface area contributed by atoms with Gasteiger partial charge >= 0.3 is 12.0 Å². The molecular formula is C19H17F2N3O4. The molecule has 2 aromatic carbocycles. The van der Waals surface area contributed by atoms with Crippen LogP contribution in [-0.4, -0.2) is 59.0 Å². The van der Waals surface area contributed by atoms with Crippen molar-refractivity contribution in [3.8, 4) is 0 Å². The Morgan fingerprint density at radius 3 is 2.21 bits per heavy atom. The number of nitrogens with one attached hydrogen (secondary N) is 1. The molecule has 1 fully saturated rings. The van der Waals surface area contributed by atoms with Crippen molar-refractivity contribution in [2.45, 2.75) is 0 Å². The number of rotatable bonds is 3. The largest absolute Gasteiger partial charge is 0.478 e. The summed E-state index contributed by atoms with van der Waals surface area (Å²) in [5, 5.41) is 11.3. The molecule has 2 aromatic rings. The van der Waals surface area contributed by atoms with E-state index in [9.17, 15) is 23.2 Å². The molecule has 146 valence electrons. The van der Waals surface area contributed by atoms with Crippen molar-refractivity contribution in [3.63, 3.8) is 0 Å². The zero-order chi connectivity index (χ0) is 20.3. The van der Waals surface area contributed by atoms with Crippen LogP contribution < -0.4 is 5.32 Å². The van der Waals surface area contributed by atoms with E-state index in [0.29, 0.717) is 0 Å². The maximum absolute atomic E-state index is 13.7. The quantitative estimate of drug-likeness (QED) is 0.845. The van der Waals surface area contributed by atoms with Crippen molar-refractivity contribution >= 4 is 23.6 Å². The zero-order valence-electron chi connectivity index (χ0n) is 14.7. The van der Waals surface area contributed by atoms with Crippen LogP contribution in [0.4, 0.5) is 19.3 Å². The summed E-state index contributed by atoms with van der Waals surface area (Å²) in [5.41, 5.74) is -0.111. The van der Waals surface area contributed by atoms with Gasteiger partial charge in [-0.15, -0.1) is 0 Å². The Morgan fingerprint density at radius 2 is 1.61 bits per heavy atom. The van der Waals surface area contributed by atoms with Gasteiger partial charge in [0.1, 0.15) is 11.6 Å². The molecule has 0 saturated carbocycles. The number of halogens is 2. The van der Waals surface area contributed by atoms with Crippen LogP contribution in [0.1, 0.15) is 20.7 Å². The lowest BCUT2D eigenvalue weighted by Gasteiger charge is -2.34. The van der Waals surface area contributed by atoms with Gasteiger partial charge in [0.2, 0.25) is 0 Å². The molecule has 1 saturated heterocycles. The fourth-order valence-corrected chi connectivity index (χ4v) is 2.89. The predicted molar refractivity (Wildman–Crippen MR) is 96.3 cm³/mol. The van der Waals surface area contributed by atoms with Gasteiger partial charge in [-0.05, 0) is 36.4 Å². The number of carbonyl (C=O) groups excluding carboxylic acids is 2. The van der Waals surface area contributed by atoms with Gasteiger partial charge in [0.05, 0.1) is 5.56 Å². The second kappa shape index (κ2) is 8.03. The lowest BCUT2D eigenvalue weighted by molar-refractivity contribution is 0.0668. The number of benzene rings is 2. The van der Waals surface area contributed by atoms with E-state index >= 15 is 0 Å². The number of carboxylic acids is 1. The first-order valence-corrected chi connectivity index (χ1v) is 8.49. The van der Waals surface area contributed by atoms with Crippen molar-refractivity contribution in [2.75, 3.05) is 31.5 Å². The highest BCUT2D eigenvalue weighted by molar-refractivity contribution is 5.95. The first-order valence-electron chi connectivity index (χ1n) is 8.49. The van der Waals surface area contributed by atoms with Crippen LogP contribution in [-0.2, 0) is 0 Å². The molecule has 1 heterocycles. The normalized spacial score (nSPS) is 13.9. The van der Waals surface area contributed by atoms with E-state index in [4.69, 9.17) is 5.11 Å². The summed E-state index contributed by atoms with van der Waals surface area (Å²) in [4.78, 5) is 38.5. The molecule has 2 N–H and O–H groups in total. The number of hydrogen-bond donors (Lipinski definition) is 2. The lowest BCUT2D eigenvalue weighted by atomic mass is 10.1. The van der Waals surface area contributed by atoms with E-state index in [1.807, 2.05) is 0 Å². The maximum Gasteiger partial charge on any atom is 0.338 e. The third kappa shape index (κ3) is 4.25. The third-order valence-electron chi connectivity index (χ3n) is 4.38. The summed E-state index contributed by atoms with van der Waals surface area (Å²) >= 11 is 0. The molecule has 3 amide bonds. The molecule has 1 aliphatic rings. The van der Waals surface area contributed by atoms with Crippen LogP contribution in [0.15, 0.2) is 42.5 Å². The Morgan fingerprint density at radius 1 is 0.929 bits per heavy atom. The van der Waals surface area contributed by atoms with E-state index in [2.05, 4.69) is 5.32 Å². The zero-order valence-corrected chi connectivity index (χ0v) is 14.7. The van der Waals surface area contributed by atoms with Crippen molar-refractivity contribution in [3.05, 3.63) is 65.2 Å². The Kier molecular flexibility index (Phi) is 5.53. The number of carbonyl (C=O) groups is 3. The van der Waals surface area contributed by atoms with Gasteiger partial charge in [-0.3, -0.25) is 4.79 Å². The van der Waals surface area contributed by atoms with E-state index in [0.717, 1.165) is 18.2 Å². The number of carboxylic acid groups (broad SMARTS) is 1. The molecule has 0 bridgehead atoms. The van der Waals surface area contributed by atoms with Gasteiger partial charge in [0, 0.05) is 37.4 Å². The molecule has 3 rings (SSSR count). The van der Waals surface area contributed by atoms with Crippen molar-refractivity contribution in [1.29, 1.82) is 0 Å². The molecule has 7 nitrogen and oxygen atoms in total. The number of urea groups is 1. The molecule has 0 aliphatic carbocycles. The highest BCUT2D eigenvalue weighted by Crippen LogP contribution is 2.16. The van der Waals surface area contributed by atoms with Gasteiger partial charge in [-0.2, -0.15) is 0 Å². The minimum atomic E-state index is -1.39. The van der Waals surface area contributed by atoms with E-state index < -0.39 is 29.2 Å². The average molecular weight is 389 g/mol. The molecule has 9 heteroatoms. The number of nitrogens with zero attached hydrogens (tertiary/aromatic N) is 2. The molecular weight excluding hydrogens is 372 g/mol. The SMILES string of the molecule is O=C(O)c1ccc(NC(=O)N2CCN(C(=O)c3cccc(F)c3)CC2)cc1F. The van der Waals surface area contributed by atoms with Crippen LogP contribution in [0.5, 0.6) is 0 Å². The van der Waals surface area contributed by atoms with Gasteiger partial charge < -0.3 is 20.2 Å². The smallest absolute Gasteiger partial charge is 0.338 e. The Bertz CT molecular complexity index is 927. The van der Waals surface area contributed by atoms with Gasteiger partial charge in [0.25, 0.3) is 5.91 Å². The number of anilines is 1. The number of aromatic carboxylic acids is 1. The molecule has 0 unspecified atom stereocenters. The minimum absolute atomic E-state index is 0.130. The summed E-state index contributed by atoms with van der Waals surface area (Å²) in [5.74, 6) is -3.15. The monoisotopic (exact) mass is 389 g/mol. The fraction of sp³-hybridized carbons (Fsp3) is 0.211. The summed E-state index contributed by atoms with van der Waals surface area (Å²) in [6.07, 6.45) is 0. The van der Waals surface area contributed by atoms with Crippen molar-refractivity contribution in [1.82, 2.24) is 9.80 Å². The van der Waals surface area contributed by atoms with Crippen molar-refractivity contribution in [2.24, 2.45) is 0 Å². The number of hydrogen-bond acceptors (Lipinski definition) is 3.